The van der Waals surface area contributed by atoms with Gasteiger partial charge in [-0.05, 0) is 44.2 Å². The maximum atomic E-state index is 12.1. The molecule has 0 unspecified atom stereocenters. The van der Waals surface area contributed by atoms with E-state index in [0.717, 1.165) is 37.2 Å². The number of nitrogens with zero attached hydrogens (tertiary/aromatic N) is 1. The normalized spacial score (nSPS) is 22.5. The van der Waals surface area contributed by atoms with E-state index in [1.165, 1.54) is 12.8 Å². The maximum Gasteiger partial charge on any atom is 0.321 e. The molecule has 1 aromatic carbocycles. The van der Waals surface area contributed by atoms with Gasteiger partial charge < -0.3 is 20.7 Å². The van der Waals surface area contributed by atoms with Gasteiger partial charge in [0.05, 0.1) is 6.10 Å². The number of rotatable bonds is 3. The van der Waals surface area contributed by atoms with Crippen LogP contribution in [0.2, 0.25) is 0 Å². The quantitative estimate of drug-likeness (QED) is 0.898. The molecule has 0 bridgehead atoms. The molecule has 1 aliphatic carbocycles. The van der Waals surface area contributed by atoms with E-state index in [1.54, 1.807) is 4.90 Å². The molecule has 2 fully saturated rings. The molecule has 5 heteroatoms. The predicted octanol–water partition coefficient (Wildman–Crippen LogP) is 2.57. The van der Waals surface area contributed by atoms with Crippen LogP contribution in [-0.2, 0) is 0 Å². The zero-order chi connectivity index (χ0) is 14.7. The first-order chi connectivity index (χ1) is 10.2. The van der Waals surface area contributed by atoms with Crippen molar-refractivity contribution in [3.05, 3.63) is 24.3 Å². The highest BCUT2D eigenvalue weighted by Gasteiger charge is 2.23. The standard InChI is InChI=1S/C16H23N3O2/c17-12-8-9-19(11-12)16(20)18-13-4-3-7-15(10-13)21-14-5-1-2-6-14/h3-4,7,10,12,14H,1-2,5-6,8-9,11,17H2,(H,18,20)/t12-/m0/s1. The molecule has 1 saturated heterocycles. The van der Waals surface area contributed by atoms with Crippen molar-refractivity contribution in [1.29, 1.82) is 0 Å². The summed E-state index contributed by atoms with van der Waals surface area (Å²) in [5.41, 5.74) is 6.60. The van der Waals surface area contributed by atoms with Gasteiger partial charge in [0.1, 0.15) is 5.75 Å². The molecule has 1 aromatic rings. The number of carbonyl (C=O) groups excluding carboxylic acids is 1. The summed E-state index contributed by atoms with van der Waals surface area (Å²) >= 11 is 0. The predicted molar refractivity (Wildman–Crippen MR) is 82.5 cm³/mol. The van der Waals surface area contributed by atoms with Gasteiger partial charge in [-0.15, -0.1) is 0 Å². The van der Waals surface area contributed by atoms with Crippen LogP contribution in [0, 0.1) is 0 Å². The molecule has 0 aromatic heterocycles. The second-order valence-electron chi connectivity index (χ2n) is 5.98. The van der Waals surface area contributed by atoms with Gasteiger partial charge in [-0.2, -0.15) is 0 Å². The number of nitrogens with one attached hydrogen (secondary N) is 1. The monoisotopic (exact) mass is 289 g/mol. The summed E-state index contributed by atoms with van der Waals surface area (Å²) < 4.78 is 5.96. The molecular weight excluding hydrogens is 266 g/mol. The van der Waals surface area contributed by atoms with Crippen molar-refractivity contribution >= 4 is 11.7 Å². The highest BCUT2D eigenvalue weighted by atomic mass is 16.5. The van der Waals surface area contributed by atoms with Crippen molar-refractivity contribution in [3.8, 4) is 5.75 Å². The summed E-state index contributed by atoms with van der Waals surface area (Å²) in [4.78, 5) is 13.9. The largest absolute Gasteiger partial charge is 0.490 e. The first kappa shape index (κ1) is 14.2. The number of amides is 2. The molecule has 1 saturated carbocycles. The Balaban J connectivity index is 1.58. The van der Waals surface area contributed by atoms with Crippen molar-refractivity contribution in [1.82, 2.24) is 4.90 Å². The molecule has 5 nitrogen and oxygen atoms in total. The lowest BCUT2D eigenvalue weighted by molar-refractivity contribution is 0.210. The second-order valence-corrected chi connectivity index (χ2v) is 5.98. The van der Waals surface area contributed by atoms with Gasteiger partial charge in [-0.1, -0.05) is 6.07 Å². The van der Waals surface area contributed by atoms with Gasteiger partial charge in [0.2, 0.25) is 0 Å². The van der Waals surface area contributed by atoms with Crippen LogP contribution in [0.5, 0.6) is 5.75 Å². The van der Waals surface area contributed by atoms with E-state index in [1.807, 2.05) is 24.3 Å². The highest BCUT2D eigenvalue weighted by Crippen LogP contribution is 2.26. The average molecular weight is 289 g/mol. The Morgan fingerprint density at radius 2 is 2.10 bits per heavy atom. The fraction of sp³-hybridized carbons (Fsp3) is 0.562. The highest BCUT2D eigenvalue weighted by molar-refractivity contribution is 5.89. The van der Waals surface area contributed by atoms with Crippen molar-refractivity contribution in [2.45, 2.75) is 44.2 Å². The molecule has 114 valence electrons. The van der Waals surface area contributed by atoms with Crippen LogP contribution in [0.25, 0.3) is 0 Å². The molecule has 2 aliphatic rings. The number of hydrogen-bond donors (Lipinski definition) is 2. The van der Waals surface area contributed by atoms with E-state index < -0.39 is 0 Å². The number of nitrogens with two attached hydrogens (primary N) is 1. The number of likely N-dealkylation sites (tertiary alicyclic amines) is 1. The van der Waals surface area contributed by atoms with Crippen molar-refractivity contribution in [2.24, 2.45) is 5.73 Å². The van der Waals surface area contributed by atoms with Gasteiger partial charge in [0.25, 0.3) is 0 Å². The molecule has 2 amide bonds. The lowest BCUT2D eigenvalue weighted by Crippen LogP contribution is -2.35. The van der Waals surface area contributed by atoms with Crippen molar-refractivity contribution in [2.75, 3.05) is 18.4 Å². The molecular formula is C16H23N3O2. The molecule has 0 radical (unpaired) electrons. The molecule has 1 heterocycles. The molecule has 3 N–H and O–H groups in total. The first-order valence-electron chi connectivity index (χ1n) is 7.79. The third-order valence-electron chi connectivity index (χ3n) is 4.20. The lowest BCUT2D eigenvalue weighted by Gasteiger charge is -2.18. The maximum absolute atomic E-state index is 12.1. The second kappa shape index (κ2) is 6.35. The van der Waals surface area contributed by atoms with E-state index in [0.29, 0.717) is 12.6 Å². The number of ether oxygens (including phenoxy) is 1. The van der Waals surface area contributed by atoms with Gasteiger partial charge in [-0.25, -0.2) is 4.79 Å². The van der Waals surface area contributed by atoms with Crippen molar-refractivity contribution in [3.63, 3.8) is 0 Å². The van der Waals surface area contributed by atoms with Crippen LogP contribution >= 0.6 is 0 Å². The summed E-state index contributed by atoms with van der Waals surface area (Å²) in [6, 6.07) is 7.66. The van der Waals surface area contributed by atoms with Crippen molar-refractivity contribution < 1.29 is 9.53 Å². The number of carbonyl (C=O) groups is 1. The molecule has 21 heavy (non-hydrogen) atoms. The van der Waals surface area contributed by atoms with Gasteiger partial charge in [-0.3, -0.25) is 0 Å². The lowest BCUT2D eigenvalue weighted by atomic mass is 10.2. The number of benzene rings is 1. The Morgan fingerprint density at radius 1 is 1.29 bits per heavy atom. The van der Waals surface area contributed by atoms with Gasteiger partial charge in [0.15, 0.2) is 0 Å². The number of urea groups is 1. The van der Waals surface area contributed by atoms with E-state index in [2.05, 4.69) is 5.32 Å². The molecule has 1 aliphatic heterocycles. The van der Waals surface area contributed by atoms with Crippen LogP contribution in [0.1, 0.15) is 32.1 Å². The van der Waals surface area contributed by atoms with Crippen LogP contribution in [-0.4, -0.2) is 36.2 Å². The van der Waals surface area contributed by atoms with E-state index >= 15 is 0 Å². The zero-order valence-corrected chi connectivity index (χ0v) is 12.3. The minimum absolute atomic E-state index is 0.0824. The smallest absolute Gasteiger partial charge is 0.321 e. The summed E-state index contributed by atoms with van der Waals surface area (Å²) in [7, 11) is 0. The topological polar surface area (TPSA) is 67.6 Å². The van der Waals surface area contributed by atoms with E-state index in [9.17, 15) is 4.79 Å². The number of anilines is 1. The minimum Gasteiger partial charge on any atom is -0.490 e. The van der Waals surface area contributed by atoms with E-state index in [4.69, 9.17) is 10.5 Å². The summed E-state index contributed by atoms with van der Waals surface area (Å²) in [6.07, 6.45) is 5.95. The Kier molecular flexibility index (Phi) is 4.29. The first-order valence-corrected chi connectivity index (χ1v) is 7.79. The van der Waals surface area contributed by atoms with Crippen LogP contribution in [0.4, 0.5) is 10.5 Å². The van der Waals surface area contributed by atoms with Gasteiger partial charge in [0, 0.05) is 30.9 Å². The third-order valence-corrected chi connectivity index (χ3v) is 4.20. The third kappa shape index (κ3) is 3.67. The fourth-order valence-corrected chi connectivity index (χ4v) is 3.02. The minimum atomic E-state index is -0.0824. The summed E-state index contributed by atoms with van der Waals surface area (Å²) in [5, 5.41) is 2.92. The zero-order valence-electron chi connectivity index (χ0n) is 12.3. The Bertz CT molecular complexity index is 500. The Morgan fingerprint density at radius 3 is 2.81 bits per heavy atom. The summed E-state index contributed by atoms with van der Waals surface area (Å²) in [5.74, 6) is 0.831. The van der Waals surface area contributed by atoms with Crippen LogP contribution in [0.3, 0.4) is 0 Å². The van der Waals surface area contributed by atoms with Crippen LogP contribution < -0.4 is 15.8 Å². The molecule has 1 atom stereocenters. The summed E-state index contributed by atoms with van der Waals surface area (Å²) in [6.45, 7) is 1.36. The molecule has 0 spiro atoms. The Hall–Kier alpha value is -1.75. The van der Waals surface area contributed by atoms with Crippen LogP contribution in [0.15, 0.2) is 24.3 Å². The fourth-order valence-electron chi connectivity index (χ4n) is 3.02. The SMILES string of the molecule is N[C@H]1CCN(C(=O)Nc2cccc(OC3CCCC3)c2)C1. The van der Waals surface area contributed by atoms with Gasteiger partial charge >= 0.3 is 6.03 Å². The molecule has 3 rings (SSSR count). The Labute approximate surface area is 125 Å². The number of hydrogen-bond acceptors (Lipinski definition) is 3. The average Bonchev–Trinajstić information content (AvgIpc) is 3.11. The van der Waals surface area contributed by atoms with E-state index in [-0.39, 0.29) is 12.1 Å².